The van der Waals surface area contributed by atoms with Gasteiger partial charge in [0.15, 0.2) is 0 Å². The van der Waals surface area contributed by atoms with Crippen LogP contribution < -0.4 is 10.2 Å². The maximum atomic E-state index is 11.2. The molecule has 1 aromatic heterocycles. The Bertz CT molecular complexity index is 975. The van der Waals surface area contributed by atoms with E-state index >= 15 is 0 Å². The van der Waals surface area contributed by atoms with Gasteiger partial charge in [0.05, 0.1) is 30.8 Å². The van der Waals surface area contributed by atoms with Crippen molar-refractivity contribution in [3.05, 3.63) is 54.1 Å². The van der Waals surface area contributed by atoms with Crippen LogP contribution in [0.25, 0.3) is 28.5 Å². The van der Waals surface area contributed by atoms with Crippen LogP contribution >= 0.6 is 0 Å². The average molecular weight is 367 g/mol. The fraction of sp³-hybridized carbons (Fsp3) is 0.200. The molecule has 3 aromatic rings. The summed E-state index contributed by atoms with van der Waals surface area (Å²) in [5.41, 5.74) is 4.86. The smallest absolute Gasteiger partial charge is 0.267 e. The number of hydrogen-bond donors (Lipinski definition) is 3. The molecule has 0 aliphatic heterocycles. The molecule has 3 N–H and O–H groups in total. The summed E-state index contributed by atoms with van der Waals surface area (Å²) in [6, 6.07) is 13.2. The van der Waals surface area contributed by atoms with Gasteiger partial charge < -0.3 is 14.4 Å². The van der Waals surface area contributed by atoms with E-state index in [4.69, 9.17) is 14.9 Å². The number of hydroxylamine groups is 1. The van der Waals surface area contributed by atoms with E-state index in [9.17, 15) is 9.90 Å². The van der Waals surface area contributed by atoms with Crippen LogP contribution in [0.2, 0.25) is 0 Å². The van der Waals surface area contributed by atoms with E-state index in [0.29, 0.717) is 6.54 Å². The lowest BCUT2D eigenvalue weighted by atomic mass is 10.2. The van der Waals surface area contributed by atoms with Gasteiger partial charge in [-0.2, -0.15) is 0 Å². The minimum absolute atomic E-state index is 0.403. The first-order valence-electron chi connectivity index (χ1n) is 8.46. The Labute approximate surface area is 156 Å². The molecule has 140 valence electrons. The molecule has 0 radical (unpaired) electrons. The number of imidazole rings is 1. The van der Waals surface area contributed by atoms with Crippen molar-refractivity contribution in [3.63, 3.8) is 0 Å². The van der Waals surface area contributed by atoms with Crippen molar-refractivity contribution in [2.24, 2.45) is 0 Å². The SMILES string of the molecule is COc1ccc(-c2nc3cc(/C=C/C(=O)NO)ccc3n2CC(C)O)cc1. The number of nitrogens with zero attached hydrogens (tertiary/aromatic N) is 2. The summed E-state index contributed by atoms with van der Waals surface area (Å²) < 4.78 is 7.17. The van der Waals surface area contributed by atoms with Crippen LogP contribution in [0.4, 0.5) is 0 Å². The summed E-state index contributed by atoms with van der Waals surface area (Å²) in [7, 11) is 1.61. The van der Waals surface area contributed by atoms with Crippen LogP contribution in [0.3, 0.4) is 0 Å². The van der Waals surface area contributed by atoms with Crippen molar-refractivity contribution in [3.8, 4) is 17.1 Å². The number of methoxy groups -OCH3 is 1. The summed E-state index contributed by atoms with van der Waals surface area (Å²) in [4.78, 5) is 15.9. The lowest BCUT2D eigenvalue weighted by Gasteiger charge is -2.11. The highest BCUT2D eigenvalue weighted by atomic mass is 16.5. The summed E-state index contributed by atoms with van der Waals surface area (Å²) in [5.74, 6) is 0.892. The molecule has 7 heteroatoms. The highest BCUT2D eigenvalue weighted by Crippen LogP contribution is 2.27. The van der Waals surface area contributed by atoms with Crippen molar-refractivity contribution < 1.29 is 19.8 Å². The molecule has 0 aliphatic carbocycles. The van der Waals surface area contributed by atoms with Gasteiger partial charge >= 0.3 is 0 Å². The number of rotatable bonds is 6. The normalized spacial score (nSPS) is 12.4. The van der Waals surface area contributed by atoms with E-state index in [1.807, 2.05) is 47.0 Å². The van der Waals surface area contributed by atoms with Gasteiger partial charge in [-0.25, -0.2) is 10.5 Å². The quantitative estimate of drug-likeness (QED) is 0.354. The van der Waals surface area contributed by atoms with E-state index in [1.54, 1.807) is 25.6 Å². The third-order valence-electron chi connectivity index (χ3n) is 4.10. The number of benzene rings is 2. The average Bonchev–Trinajstić information content (AvgIpc) is 3.03. The Hall–Kier alpha value is -3.16. The molecule has 7 nitrogen and oxygen atoms in total. The van der Waals surface area contributed by atoms with Crippen LogP contribution in [0.5, 0.6) is 5.75 Å². The topological polar surface area (TPSA) is 96.6 Å². The van der Waals surface area contributed by atoms with Crippen LogP contribution in [-0.2, 0) is 11.3 Å². The van der Waals surface area contributed by atoms with E-state index in [2.05, 4.69) is 0 Å². The van der Waals surface area contributed by atoms with Gasteiger partial charge in [0.1, 0.15) is 11.6 Å². The Morgan fingerprint density at radius 2 is 2.04 bits per heavy atom. The van der Waals surface area contributed by atoms with Gasteiger partial charge in [-0.1, -0.05) is 6.07 Å². The zero-order valence-corrected chi connectivity index (χ0v) is 15.1. The second-order valence-electron chi connectivity index (χ2n) is 6.18. The van der Waals surface area contributed by atoms with Gasteiger partial charge in [0.25, 0.3) is 5.91 Å². The molecule has 27 heavy (non-hydrogen) atoms. The first-order valence-corrected chi connectivity index (χ1v) is 8.46. The molecule has 2 aromatic carbocycles. The number of hydrogen-bond acceptors (Lipinski definition) is 5. The first kappa shape index (κ1) is 18.6. The Morgan fingerprint density at radius 3 is 2.67 bits per heavy atom. The minimum atomic E-state index is -0.603. The van der Waals surface area contributed by atoms with Crippen molar-refractivity contribution in [1.82, 2.24) is 15.0 Å². The van der Waals surface area contributed by atoms with E-state index < -0.39 is 12.0 Å². The lowest BCUT2D eigenvalue weighted by molar-refractivity contribution is -0.124. The standard InChI is InChI=1S/C20H21N3O4/c1-13(24)12-23-18-9-3-14(4-10-19(25)22-26)11-17(18)21-20(23)15-5-7-16(27-2)8-6-15/h3-11,13,24,26H,12H2,1-2H3,(H,22,25)/b10-4+. The van der Waals surface area contributed by atoms with Crippen molar-refractivity contribution in [2.75, 3.05) is 7.11 Å². The molecule has 0 fully saturated rings. The van der Waals surface area contributed by atoms with E-state index in [-0.39, 0.29) is 0 Å². The molecule has 0 bridgehead atoms. The third-order valence-corrected chi connectivity index (χ3v) is 4.10. The maximum absolute atomic E-state index is 11.2. The molecular formula is C20H21N3O4. The zero-order valence-electron chi connectivity index (χ0n) is 15.1. The molecule has 0 saturated carbocycles. The number of nitrogens with one attached hydrogen (secondary N) is 1. The molecular weight excluding hydrogens is 346 g/mol. The van der Waals surface area contributed by atoms with Crippen molar-refractivity contribution >= 4 is 23.0 Å². The molecule has 1 unspecified atom stereocenters. The predicted molar refractivity (Wildman–Crippen MR) is 102 cm³/mol. The Balaban J connectivity index is 2.08. The monoisotopic (exact) mass is 367 g/mol. The highest BCUT2D eigenvalue weighted by Gasteiger charge is 2.14. The lowest BCUT2D eigenvalue weighted by Crippen LogP contribution is -2.14. The number of aromatic nitrogens is 2. The molecule has 1 atom stereocenters. The van der Waals surface area contributed by atoms with Crippen molar-refractivity contribution in [2.45, 2.75) is 19.6 Å². The molecule has 0 spiro atoms. The van der Waals surface area contributed by atoms with Gasteiger partial charge in [0.2, 0.25) is 0 Å². The molecule has 3 rings (SSSR count). The Morgan fingerprint density at radius 1 is 1.30 bits per heavy atom. The van der Waals surface area contributed by atoms with Crippen molar-refractivity contribution in [1.29, 1.82) is 0 Å². The Kier molecular flexibility index (Phi) is 5.54. The minimum Gasteiger partial charge on any atom is -0.497 e. The van der Waals surface area contributed by atoms with Gasteiger partial charge in [0, 0.05) is 11.6 Å². The van der Waals surface area contributed by atoms with Gasteiger partial charge in [-0.15, -0.1) is 0 Å². The number of amides is 1. The van der Waals surface area contributed by atoms with E-state index in [0.717, 1.165) is 33.7 Å². The molecule has 1 heterocycles. The summed E-state index contributed by atoms with van der Waals surface area (Å²) in [5, 5.41) is 18.5. The van der Waals surface area contributed by atoms with Gasteiger partial charge in [-0.05, 0) is 55.0 Å². The van der Waals surface area contributed by atoms with Gasteiger partial charge in [-0.3, -0.25) is 10.0 Å². The molecule has 0 aliphatic rings. The summed E-state index contributed by atoms with van der Waals surface area (Å²) in [6.45, 7) is 2.13. The predicted octanol–water partition coefficient (Wildman–Crippen LogP) is 2.61. The number of aliphatic hydroxyl groups excluding tert-OH is 1. The largest absolute Gasteiger partial charge is 0.497 e. The number of carbonyl (C=O) groups excluding carboxylic acids is 1. The number of ether oxygens (including phenoxy) is 1. The number of fused-ring (bicyclic) bond motifs is 1. The maximum Gasteiger partial charge on any atom is 0.267 e. The fourth-order valence-electron chi connectivity index (χ4n) is 2.87. The van der Waals surface area contributed by atoms with Crippen LogP contribution in [0.1, 0.15) is 12.5 Å². The molecule has 1 amide bonds. The third kappa shape index (κ3) is 4.16. The van der Waals surface area contributed by atoms with Crippen LogP contribution in [-0.4, -0.2) is 39.0 Å². The second-order valence-corrected chi connectivity index (χ2v) is 6.18. The zero-order chi connectivity index (χ0) is 19.4. The second kappa shape index (κ2) is 8.03. The number of carbonyl (C=O) groups is 1. The highest BCUT2D eigenvalue weighted by molar-refractivity contribution is 5.91. The molecule has 0 saturated heterocycles. The van der Waals surface area contributed by atoms with Crippen LogP contribution in [0.15, 0.2) is 48.5 Å². The summed E-state index contributed by atoms with van der Waals surface area (Å²) in [6.07, 6.45) is 2.29. The first-order chi connectivity index (χ1) is 13.0. The fourth-order valence-corrected chi connectivity index (χ4v) is 2.87. The summed E-state index contributed by atoms with van der Waals surface area (Å²) >= 11 is 0. The van der Waals surface area contributed by atoms with E-state index in [1.165, 1.54) is 6.08 Å². The number of aliphatic hydroxyl groups is 1. The van der Waals surface area contributed by atoms with Crippen LogP contribution in [0, 0.1) is 0 Å².